The molecule has 1 aliphatic carbocycles. The van der Waals surface area contributed by atoms with Crippen LogP contribution in [0.1, 0.15) is 49.3 Å². The van der Waals surface area contributed by atoms with Gasteiger partial charge in [-0.3, -0.25) is 19.8 Å². The molecule has 2 bridgehead atoms. The molecule has 3 saturated heterocycles. The summed E-state index contributed by atoms with van der Waals surface area (Å²) in [6.07, 6.45) is -1.68. The predicted octanol–water partition coefficient (Wildman–Crippen LogP) is 4.92. The van der Waals surface area contributed by atoms with Gasteiger partial charge in [-0.15, -0.1) is 0 Å². The van der Waals surface area contributed by atoms with E-state index in [1.54, 1.807) is 11.8 Å². The number of alkyl carbamates (subject to hydrolysis) is 1. The number of hydrogen-bond acceptors (Lipinski definition) is 8. The molecule has 2 aromatic rings. The lowest BCUT2D eigenvalue weighted by molar-refractivity contribution is -0.384. The van der Waals surface area contributed by atoms with Gasteiger partial charge in [0.2, 0.25) is 5.91 Å². The number of halogens is 3. The van der Waals surface area contributed by atoms with Gasteiger partial charge in [-0.2, -0.15) is 13.2 Å². The molecular formula is C32H39F3N4O7. The van der Waals surface area contributed by atoms with Crippen LogP contribution in [0.5, 0.6) is 0 Å². The third-order valence-electron chi connectivity index (χ3n) is 9.17. The molecule has 250 valence electrons. The molecule has 14 heteroatoms. The van der Waals surface area contributed by atoms with E-state index >= 15 is 0 Å². The second kappa shape index (κ2) is 14.3. The van der Waals surface area contributed by atoms with Crippen molar-refractivity contribution in [2.24, 2.45) is 5.41 Å². The van der Waals surface area contributed by atoms with Gasteiger partial charge in [-0.05, 0) is 68.0 Å². The van der Waals surface area contributed by atoms with Gasteiger partial charge >= 0.3 is 12.3 Å². The number of carbonyl (C=O) groups excluding carboxylic acids is 2. The van der Waals surface area contributed by atoms with Gasteiger partial charge in [0.25, 0.3) is 5.69 Å². The topological polar surface area (TPSA) is 123 Å². The standard InChI is InChI=1S/C32H39F3N4O7/c1-22(45-20-31-12-10-27(11-13-31)46-21-31)28(36-30(41)44-19-24-4-8-26(9-5-24)39(42)43)29(40)38-16-14-37(15-17-38)18-23-2-6-25(7-3-23)32(33,34)35/h2-9,22,27-28H,10-21H2,1H3,(H,36,41)/t22-,27?,28+,31?/m1/s1. The number of alkyl halides is 3. The molecule has 4 aliphatic rings. The maximum atomic E-state index is 13.8. The summed E-state index contributed by atoms with van der Waals surface area (Å²) < 4.78 is 56.3. The van der Waals surface area contributed by atoms with Crippen LogP contribution in [0.3, 0.4) is 0 Å². The van der Waals surface area contributed by atoms with Gasteiger partial charge in [0.15, 0.2) is 0 Å². The lowest BCUT2D eigenvalue weighted by Gasteiger charge is -2.46. The Morgan fingerprint density at radius 3 is 2.24 bits per heavy atom. The van der Waals surface area contributed by atoms with Crippen molar-refractivity contribution in [1.29, 1.82) is 0 Å². The first-order valence-electron chi connectivity index (χ1n) is 15.5. The van der Waals surface area contributed by atoms with E-state index < -0.39 is 34.9 Å². The van der Waals surface area contributed by atoms with Gasteiger partial charge in [0.1, 0.15) is 12.6 Å². The van der Waals surface area contributed by atoms with Crippen molar-refractivity contribution in [3.8, 4) is 0 Å². The molecule has 11 nitrogen and oxygen atoms in total. The minimum atomic E-state index is -4.39. The van der Waals surface area contributed by atoms with E-state index in [1.807, 2.05) is 0 Å². The van der Waals surface area contributed by atoms with Crippen molar-refractivity contribution in [3.05, 3.63) is 75.3 Å². The van der Waals surface area contributed by atoms with E-state index in [4.69, 9.17) is 14.2 Å². The van der Waals surface area contributed by atoms with Crippen molar-refractivity contribution in [2.75, 3.05) is 39.4 Å². The molecule has 2 amide bonds. The summed E-state index contributed by atoms with van der Waals surface area (Å²) in [7, 11) is 0. The molecule has 3 aliphatic heterocycles. The molecule has 2 atom stereocenters. The molecule has 0 aromatic heterocycles. The summed E-state index contributed by atoms with van der Waals surface area (Å²) in [5.41, 5.74) is 0.391. The zero-order valence-corrected chi connectivity index (χ0v) is 25.7. The highest BCUT2D eigenvalue weighted by atomic mass is 19.4. The highest BCUT2D eigenvalue weighted by Crippen LogP contribution is 2.43. The number of benzene rings is 2. The number of hydrogen-bond donors (Lipinski definition) is 1. The summed E-state index contributed by atoms with van der Waals surface area (Å²) in [5, 5.41) is 13.6. The van der Waals surface area contributed by atoms with Crippen LogP contribution in [-0.2, 0) is 38.3 Å². The SMILES string of the molecule is C[C@@H](OCC12CCC(CC1)OC2)[C@H](NC(=O)OCc1ccc([N+](=O)[O-])cc1)C(=O)N1CCN(Cc2ccc(C(F)(F)F)cc2)CC1. The van der Waals surface area contributed by atoms with Crippen LogP contribution in [0.4, 0.5) is 23.7 Å². The Bertz CT molecular complexity index is 1340. The Kier molecular flexibility index (Phi) is 10.5. The first kappa shape index (κ1) is 33.6. The molecular weight excluding hydrogens is 609 g/mol. The fraction of sp³-hybridized carbons (Fsp3) is 0.562. The number of amides is 2. The molecule has 0 radical (unpaired) electrons. The second-order valence-corrected chi connectivity index (χ2v) is 12.4. The molecule has 2 aromatic carbocycles. The number of ether oxygens (including phenoxy) is 3. The third kappa shape index (κ3) is 8.53. The molecule has 0 unspecified atom stereocenters. The second-order valence-electron chi connectivity index (χ2n) is 12.4. The van der Waals surface area contributed by atoms with Crippen molar-refractivity contribution >= 4 is 17.7 Å². The van der Waals surface area contributed by atoms with Crippen molar-refractivity contribution in [2.45, 2.75) is 70.2 Å². The van der Waals surface area contributed by atoms with Crippen molar-refractivity contribution in [1.82, 2.24) is 15.1 Å². The third-order valence-corrected chi connectivity index (χ3v) is 9.17. The number of nitro benzene ring substituents is 1. The lowest BCUT2D eigenvalue weighted by Crippen LogP contribution is -2.58. The van der Waals surface area contributed by atoms with Crippen LogP contribution < -0.4 is 5.32 Å². The maximum Gasteiger partial charge on any atom is 0.416 e. The largest absolute Gasteiger partial charge is 0.445 e. The molecule has 6 rings (SSSR count). The molecule has 1 N–H and O–H groups in total. The first-order valence-corrected chi connectivity index (χ1v) is 15.5. The molecule has 46 heavy (non-hydrogen) atoms. The quantitative estimate of drug-likeness (QED) is 0.269. The first-order chi connectivity index (χ1) is 21.9. The van der Waals surface area contributed by atoms with E-state index in [0.29, 0.717) is 57.6 Å². The summed E-state index contributed by atoms with van der Waals surface area (Å²) in [5.74, 6) is -0.324. The van der Waals surface area contributed by atoms with Crippen molar-refractivity contribution < 1.29 is 41.9 Å². The normalized spacial score (nSPS) is 23.0. The fourth-order valence-corrected chi connectivity index (χ4v) is 6.19. The van der Waals surface area contributed by atoms with Crippen LogP contribution in [-0.4, -0.2) is 84.4 Å². The Hall–Kier alpha value is -3.75. The van der Waals surface area contributed by atoms with Crippen LogP contribution in [0.15, 0.2) is 48.5 Å². The van der Waals surface area contributed by atoms with Crippen LogP contribution >= 0.6 is 0 Å². The van der Waals surface area contributed by atoms with Gasteiger partial charge in [-0.1, -0.05) is 12.1 Å². The minimum absolute atomic E-state index is 0.0828. The number of nitrogens with zero attached hydrogens (tertiary/aromatic N) is 3. The number of carbonyl (C=O) groups is 2. The molecule has 4 fully saturated rings. The van der Waals surface area contributed by atoms with Crippen LogP contribution in [0, 0.1) is 15.5 Å². The summed E-state index contributed by atoms with van der Waals surface area (Å²) >= 11 is 0. The van der Waals surface area contributed by atoms with E-state index in [2.05, 4.69) is 10.2 Å². The Morgan fingerprint density at radius 1 is 1.04 bits per heavy atom. The smallest absolute Gasteiger partial charge is 0.416 e. The fourth-order valence-electron chi connectivity index (χ4n) is 6.19. The highest BCUT2D eigenvalue weighted by Gasteiger charge is 2.43. The molecule has 3 heterocycles. The number of non-ortho nitro benzene ring substituents is 1. The maximum absolute atomic E-state index is 13.8. The highest BCUT2D eigenvalue weighted by molar-refractivity contribution is 5.86. The lowest BCUT2D eigenvalue weighted by atomic mass is 9.72. The van der Waals surface area contributed by atoms with Crippen LogP contribution in [0.25, 0.3) is 0 Å². The predicted molar refractivity (Wildman–Crippen MR) is 160 cm³/mol. The average Bonchev–Trinajstić information content (AvgIpc) is 3.06. The van der Waals surface area contributed by atoms with E-state index in [1.165, 1.54) is 36.4 Å². The van der Waals surface area contributed by atoms with E-state index in [-0.39, 0.29) is 23.6 Å². The monoisotopic (exact) mass is 648 g/mol. The van der Waals surface area contributed by atoms with E-state index in [9.17, 15) is 32.9 Å². The Balaban J connectivity index is 1.18. The Labute approximate surface area is 265 Å². The van der Waals surface area contributed by atoms with Gasteiger partial charge in [0, 0.05) is 50.3 Å². The zero-order chi connectivity index (χ0) is 32.9. The molecule has 0 spiro atoms. The summed E-state index contributed by atoms with van der Waals surface area (Å²) in [4.78, 5) is 40.8. The van der Waals surface area contributed by atoms with Gasteiger partial charge in [0.05, 0.1) is 35.9 Å². The number of nitro groups is 1. The van der Waals surface area contributed by atoms with Crippen LogP contribution in [0.2, 0.25) is 0 Å². The molecule has 1 saturated carbocycles. The zero-order valence-electron chi connectivity index (χ0n) is 25.7. The Morgan fingerprint density at radius 2 is 1.67 bits per heavy atom. The van der Waals surface area contributed by atoms with E-state index in [0.717, 1.165) is 43.4 Å². The van der Waals surface area contributed by atoms with Gasteiger partial charge in [-0.25, -0.2) is 4.79 Å². The summed E-state index contributed by atoms with van der Waals surface area (Å²) in [6, 6.07) is 9.64. The number of rotatable bonds is 11. The summed E-state index contributed by atoms with van der Waals surface area (Å²) in [6.45, 7) is 4.77. The van der Waals surface area contributed by atoms with Crippen molar-refractivity contribution in [3.63, 3.8) is 0 Å². The number of piperazine rings is 1. The average molecular weight is 649 g/mol. The number of fused-ring (bicyclic) bond motifs is 3. The van der Waals surface area contributed by atoms with Gasteiger partial charge < -0.3 is 24.4 Å². The number of nitrogens with one attached hydrogen (secondary N) is 1. The minimum Gasteiger partial charge on any atom is -0.445 e.